The first kappa shape index (κ1) is 16.6. The minimum absolute atomic E-state index is 0.484. The number of methoxy groups -OCH3 is 1. The lowest BCUT2D eigenvalue weighted by Gasteiger charge is -2.11. The topological polar surface area (TPSA) is 84.9 Å². The molecular formula is C18H20N6O. The molecule has 0 radical (unpaired) electrons. The van der Waals surface area contributed by atoms with E-state index in [1.807, 2.05) is 19.1 Å². The summed E-state index contributed by atoms with van der Waals surface area (Å²) in [5.74, 6) is 2.76. The minimum Gasteiger partial charge on any atom is -0.497 e. The molecule has 0 atom stereocenters. The highest BCUT2D eigenvalue weighted by Gasteiger charge is 2.05. The molecule has 7 heteroatoms. The predicted octanol–water partition coefficient (Wildman–Crippen LogP) is 2.98. The summed E-state index contributed by atoms with van der Waals surface area (Å²) in [7, 11) is 1.67. The van der Waals surface area contributed by atoms with Crippen LogP contribution in [-0.2, 0) is 6.42 Å². The standard InChI is InChI=1S/C18H20N6O/c1-13-11-22-18(23-16-12-19-9-10-20-16)24-17(13)21-8-7-14-3-5-15(25-2)6-4-14/h3-6,9-12H,7-8H2,1-2H3,(H2,20,21,22,23,24). The van der Waals surface area contributed by atoms with Gasteiger partial charge >= 0.3 is 0 Å². The smallest absolute Gasteiger partial charge is 0.230 e. The van der Waals surface area contributed by atoms with Crippen LogP contribution >= 0.6 is 0 Å². The molecule has 2 heterocycles. The van der Waals surface area contributed by atoms with Crippen LogP contribution in [0.2, 0.25) is 0 Å². The third-order valence-corrected chi connectivity index (χ3v) is 3.64. The van der Waals surface area contributed by atoms with Gasteiger partial charge in [0.25, 0.3) is 0 Å². The van der Waals surface area contributed by atoms with Gasteiger partial charge in [0.1, 0.15) is 11.6 Å². The van der Waals surface area contributed by atoms with Crippen molar-refractivity contribution in [3.8, 4) is 5.75 Å². The van der Waals surface area contributed by atoms with E-state index in [2.05, 4.69) is 42.7 Å². The van der Waals surface area contributed by atoms with Gasteiger partial charge in [-0.2, -0.15) is 4.98 Å². The zero-order valence-corrected chi connectivity index (χ0v) is 14.2. The fraction of sp³-hybridized carbons (Fsp3) is 0.222. The van der Waals surface area contributed by atoms with Gasteiger partial charge < -0.3 is 15.4 Å². The molecule has 2 N–H and O–H groups in total. The molecule has 0 bridgehead atoms. The van der Waals surface area contributed by atoms with Crippen molar-refractivity contribution in [3.05, 3.63) is 60.2 Å². The Hall–Kier alpha value is -3.22. The summed E-state index contributed by atoms with van der Waals surface area (Å²) >= 11 is 0. The molecule has 3 rings (SSSR count). The van der Waals surface area contributed by atoms with Gasteiger partial charge in [-0.25, -0.2) is 9.97 Å². The lowest BCUT2D eigenvalue weighted by Crippen LogP contribution is -2.09. The van der Waals surface area contributed by atoms with Gasteiger partial charge in [-0.1, -0.05) is 12.1 Å². The molecule has 0 saturated heterocycles. The lowest BCUT2D eigenvalue weighted by molar-refractivity contribution is 0.414. The molecular weight excluding hydrogens is 316 g/mol. The number of nitrogens with one attached hydrogen (secondary N) is 2. The number of anilines is 3. The number of nitrogens with zero attached hydrogens (tertiary/aromatic N) is 4. The van der Waals surface area contributed by atoms with Crippen LogP contribution in [0.1, 0.15) is 11.1 Å². The van der Waals surface area contributed by atoms with Crippen LogP contribution in [0.25, 0.3) is 0 Å². The van der Waals surface area contributed by atoms with Gasteiger partial charge in [0.2, 0.25) is 5.95 Å². The summed E-state index contributed by atoms with van der Waals surface area (Å²) in [4.78, 5) is 16.9. The molecule has 0 aliphatic heterocycles. The van der Waals surface area contributed by atoms with E-state index in [0.717, 1.165) is 30.1 Å². The van der Waals surface area contributed by atoms with E-state index in [4.69, 9.17) is 4.74 Å². The van der Waals surface area contributed by atoms with Crippen molar-refractivity contribution in [2.45, 2.75) is 13.3 Å². The van der Waals surface area contributed by atoms with Crippen molar-refractivity contribution >= 4 is 17.6 Å². The van der Waals surface area contributed by atoms with Crippen molar-refractivity contribution in [2.75, 3.05) is 24.3 Å². The number of rotatable bonds is 7. The SMILES string of the molecule is COc1ccc(CCNc2nc(Nc3cnccn3)ncc2C)cc1. The Bertz CT molecular complexity index is 808. The van der Waals surface area contributed by atoms with Crippen LogP contribution in [0.15, 0.2) is 49.1 Å². The highest BCUT2D eigenvalue weighted by molar-refractivity contribution is 5.51. The Morgan fingerprint density at radius 3 is 2.60 bits per heavy atom. The van der Waals surface area contributed by atoms with E-state index in [0.29, 0.717) is 11.8 Å². The fourth-order valence-electron chi connectivity index (χ4n) is 2.28. The maximum atomic E-state index is 5.17. The number of aryl methyl sites for hydroxylation is 1. The van der Waals surface area contributed by atoms with Crippen LogP contribution < -0.4 is 15.4 Å². The summed E-state index contributed by atoms with van der Waals surface area (Å²) in [5.41, 5.74) is 2.22. The van der Waals surface area contributed by atoms with Gasteiger partial charge in [-0.05, 0) is 31.0 Å². The average molecular weight is 336 g/mol. The zero-order chi connectivity index (χ0) is 17.5. The monoisotopic (exact) mass is 336 g/mol. The Morgan fingerprint density at radius 1 is 1.04 bits per heavy atom. The van der Waals surface area contributed by atoms with Crippen molar-refractivity contribution in [2.24, 2.45) is 0 Å². The second-order valence-corrected chi connectivity index (χ2v) is 5.47. The number of hydrogen-bond acceptors (Lipinski definition) is 7. The van der Waals surface area contributed by atoms with Gasteiger partial charge in [0.15, 0.2) is 5.82 Å². The summed E-state index contributed by atoms with van der Waals surface area (Å²) in [6, 6.07) is 8.06. The minimum atomic E-state index is 0.484. The summed E-state index contributed by atoms with van der Waals surface area (Å²) in [5, 5.41) is 6.40. The Labute approximate surface area is 146 Å². The molecule has 7 nitrogen and oxygen atoms in total. The van der Waals surface area contributed by atoms with E-state index in [1.165, 1.54) is 5.56 Å². The largest absolute Gasteiger partial charge is 0.497 e. The first-order valence-corrected chi connectivity index (χ1v) is 7.98. The van der Waals surface area contributed by atoms with Gasteiger partial charge in [-0.15, -0.1) is 0 Å². The van der Waals surface area contributed by atoms with E-state index < -0.39 is 0 Å². The molecule has 2 aromatic heterocycles. The van der Waals surface area contributed by atoms with E-state index in [-0.39, 0.29) is 0 Å². The molecule has 0 fully saturated rings. The van der Waals surface area contributed by atoms with Gasteiger partial charge in [-0.3, -0.25) is 4.98 Å². The molecule has 0 spiro atoms. The second kappa shape index (κ2) is 8.05. The first-order chi connectivity index (χ1) is 12.2. The number of benzene rings is 1. The lowest BCUT2D eigenvalue weighted by atomic mass is 10.1. The van der Waals surface area contributed by atoms with Crippen molar-refractivity contribution in [1.29, 1.82) is 0 Å². The second-order valence-electron chi connectivity index (χ2n) is 5.47. The molecule has 0 unspecified atom stereocenters. The average Bonchev–Trinajstić information content (AvgIpc) is 2.66. The third-order valence-electron chi connectivity index (χ3n) is 3.64. The number of ether oxygens (including phenoxy) is 1. The van der Waals surface area contributed by atoms with Crippen LogP contribution in [0.4, 0.5) is 17.6 Å². The third kappa shape index (κ3) is 4.63. The van der Waals surface area contributed by atoms with E-state index >= 15 is 0 Å². The molecule has 3 aromatic rings. The molecule has 25 heavy (non-hydrogen) atoms. The predicted molar refractivity (Wildman–Crippen MR) is 97.3 cm³/mol. The molecule has 1 aromatic carbocycles. The van der Waals surface area contributed by atoms with Crippen LogP contribution in [0.3, 0.4) is 0 Å². The van der Waals surface area contributed by atoms with E-state index in [9.17, 15) is 0 Å². The maximum absolute atomic E-state index is 5.17. The Balaban J connectivity index is 1.60. The number of aromatic nitrogens is 4. The van der Waals surface area contributed by atoms with E-state index in [1.54, 1.807) is 31.9 Å². The molecule has 0 aliphatic rings. The molecule has 0 saturated carbocycles. The highest BCUT2D eigenvalue weighted by atomic mass is 16.5. The maximum Gasteiger partial charge on any atom is 0.230 e. The van der Waals surface area contributed by atoms with Crippen molar-refractivity contribution in [3.63, 3.8) is 0 Å². The Kier molecular flexibility index (Phi) is 5.36. The summed E-state index contributed by atoms with van der Waals surface area (Å²) in [6.07, 6.45) is 7.53. The zero-order valence-electron chi connectivity index (χ0n) is 14.2. The Morgan fingerprint density at radius 2 is 1.88 bits per heavy atom. The first-order valence-electron chi connectivity index (χ1n) is 7.98. The molecule has 128 valence electrons. The summed E-state index contributed by atoms with van der Waals surface area (Å²) in [6.45, 7) is 2.75. The molecule has 0 amide bonds. The van der Waals surface area contributed by atoms with Gasteiger partial charge in [0, 0.05) is 30.7 Å². The highest BCUT2D eigenvalue weighted by Crippen LogP contribution is 2.16. The molecule has 0 aliphatic carbocycles. The summed E-state index contributed by atoms with van der Waals surface area (Å²) < 4.78 is 5.17. The van der Waals surface area contributed by atoms with Crippen molar-refractivity contribution < 1.29 is 4.74 Å². The van der Waals surface area contributed by atoms with Crippen molar-refractivity contribution in [1.82, 2.24) is 19.9 Å². The van der Waals surface area contributed by atoms with Crippen LogP contribution in [0.5, 0.6) is 5.75 Å². The number of hydrogen-bond donors (Lipinski definition) is 2. The quantitative estimate of drug-likeness (QED) is 0.686. The van der Waals surface area contributed by atoms with Crippen LogP contribution in [0, 0.1) is 6.92 Å². The normalized spacial score (nSPS) is 10.3. The fourth-order valence-corrected chi connectivity index (χ4v) is 2.28. The van der Waals surface area contributed by atoms with Crippen LogP contribution in [-0.4, -0.2) is 33.6 Å². The van der Waals surface area contributed by atoms with Gasteiger partial charge in [0.05, 0.1) is 13.3 Å².